The normalized spacial score (nSPS) is 12.4. The molecule has 0 aliphatic carbocycles. The van der Waals surface area contributed by atoms with Crippen molar-refractivity contribution in [1.29, 1.82) is 0 Å². The lowest BCUT2D eigenvalue weighted by Gasteiger charge is -2.32. The van der Waals surface area contributed by atoms with Crippen molar-refractivity contribution in [3.05, 3.63) is 121 Å². The van der Waals surface area contributed by atoms with E-state index in [0.29, 0.717) is 27.6 Å². The first kappa shape index (κ1) is 26.3. The molecule has 0 bridgehead atoms. The SMILES string of the molecule is CCC(C)(COP(=O)(c1ccccc1)c1ccccc1)COP(=O)(c1ccccc1)c1ccccc1. The second-order valence-corrected chi connectivity index (χ2v) is 13.9. The van der Waals surface area contributed by atoms with Crippen molar-refractivity contribution in [2.75, 3.05) is 13.2 Å². The van der Waals surface area contributed by atoms with E-state index in [1.54, 1.807) is 0 Å². The fourth-order valence-electron chi connectivity index (χ4n) is 3.83. The third-order valence-corrected chi connectivity index (χ3v) is 11.3. The predicted octanol–water partition coefficient (Wildman–Crippen LogP) is 6.29. The van der Waals surface area contributed by atoms with Crippen LogP contribution in [0.1, 0.15) is 20.3 Å². The van der Waals surface area contributed by atoms with Crippen molar-refractivity contribution in [1.82, 2.24) is 0 Å². The zero-order valence-corrected chi connectivity index (χ0v) is 22.5. The highest BCUT2D eigenvalue weighted by atomic mass is 31.2. The molecule has 0 atom stereocenters. The van der Waals surface area contributed by atoms with E-state index in [-0.39, 0.29) is 13.2 Å². The van der Waals surface area contributed by atoms with E-state index >= 15 is 0 Å². The summed E-state index contributed by atoms with van der Waals surface area (Å²) in [6.45, 7) is 4.44. The van der Waals surface area contributed by atoms with Gasteiger partial charge < -0.3 is 9.05 Å². The van der Waals surface area contributed by atoms with Crippen LogP contribution in [0.3, 0.4) is 0 Å². The zero-order valence-electron chi connectivity index (χ0n) is 20.7. The van der Waals surface area contributed by atoms with Crippen molar-refractivity contribution in [3.8, 4) is 0 Å². The Kier molecular flexibility index (Phi) is 8.44. The quantitative estimate of drug-likeness (QED) is 0.219. The van der Waals surface area contributed by atoms with E-state index in [9.17, 15) is 9.13 Å². The molecular formula is C30H32O4P2. The highest BCUT2D eigenvalue weighted by Crippen LogP contribution is 2.49. The second-order valence-electron chi connectivity index (χ2n) is 9.16. The van der Waals surface area contributed by atoms with Gasteiger partial charge in [-0.25, -0.2) is 0 Å². The Morgan fingerprint density at radius 1 is 0.528 bits per heavy atom. The largest absolute Gasteiger partial charge is 0.321 e. The van der Waals surface area contributed by atoms with Crippen LogP contribution in [-0.2, 0) is 18.2 Å². The van der Waals surface area contributed by atoms with Gasteiger partial charge in [0.25, 0.3) is 14.7 Å². The fraction of sp³-hybridized carbons (Fsp3) is 0.200. The van der Waals surface area contributed by atoms with E-state index < -0.39 is 20.2 Å². The van der Waals surface area contributed by atoms with Crippen molar-refractivity contribution in [2.24, 2.45) is 5.41 Å². The molecular weight excluding hydrogens is 486 g/mol. The molecule has 0 saturated carbocycles. The van der Waals surface area contributed by atoms with Gasteiger partial charge in [-0.1, -0.05) is 86.6 Å². The first-order chi connectivity index (χ1) is 17.4. The minimum absolute atomic E-state index is 0.189. The molecule has 0 aliphatic heterocycles. The van der Waals surface area contributed by atoms with Crippen molar-refractivity contribution < 1.29 is 18.2 Å². The topological polar surface area (TPSA) is 52.6 Å². The van der Waals surface area contributed by atoms with Gasteiger partial charge in [-0.3, -0.25) is 9.13 Å². The van der Waals surface area contributed by atoms with E-state index in [0.717, 1.165) is 0 Å². The molecule has 6 heteroatoms. The van der Waals surface area contributed by atoms with Crippen LogP contribution in [0.15, 0.2) is 121 Å². The lowest BCUT2D eigenvalue weighted by molar-refractivity contribution is 0.0981. The molecule has 0 spiro atoms. The summed E-state index contributed by atoms with van der Waals surface area (Å²) in [7, 11) is -6.68. The van der Waals surface area contributed by atoms with E-state index in [2.05, 4.69) is 0 Å². The Morgan fingerprint density at radius 2 is 0.778 bits per heavy atom. The molecule has 0 radical (unpaired) electrons. The molecule has 0 N–H and O–H groups in total. The maximum atomic E-state index is 14.3. The molecule has 4 rings (SSSR count). The van der Waals surface area contributed by atoms with Gasteiger partial charge in [0.2, 0.25) is 0 Å². The van der Waals surface area contributed by atoms with Crippen LogP contribution < -0.4 is 21.2 Å². The van der Waals surface area contributed by atoms with Gasteiger partial charge >= 0.3 is 0 Å². The highest BCUT2D eigenvalue weighted by Gasteiger charge is 2.36. The smallest absolute Gasteiger partial charge is 0.261 e. The minimum atomic E-state index is -3.34. The minimum Gasteiger partial charge on any atom is -0.321 e. The number of rotatable bonds is 11. The average Bonchev–Trinajstić information content (AvgIpc) is 2.96. The highest BCUT2D eigenvalue weighted by molar-refractivity contribution is 7.74. The predicted molar refractivity (Wildman–Crippen MR) is 150 cm³/mol. The van der Waals surface area contributed by atoms with Crippen LogP contribution in [0.2, 0.25) is 0 Å². The summed E-state index contributed by atoms with van der Waals surface area (Å²) >= 11 is 0. The van der Waals surface area contributed by atoms with Gasteiger partial charge in [-0.05, 0) is 55.0 Å². The second kappa shape index (κ2) is 11.5. The summed E-state index contributed by atoms with van der Waals surface area (Å²) in [5.41, 5.74) is -0.515. The Labute approximate surface area is 214 Å². The molecule has 4 aromatic carbocycles. The summed E-state index contributed by atoms with van der Waals surface area (Å²) in [6.07, 6.45) is 0.695. The van der Waals surface area contributed by atoms with Crippen LogP contribution in [0, 0.1) is 5.41 Å². The third-order valence-electron chi connectivity index (χ3n) is 6.43. The lowest BCUT2D eigenvalue weighted by atomic mass is 9.90. The molecule has 4 aromatic rings. The third kappa shape index (κ3) is 5.80. The van der Waals surface area contributed by atoms with Crippen LogP contribution >= 0.6 is 14.7 Å². The first-order valence-electron chi connectivity index (χ1n) is 12.1. The Bertz CT molecular complexity index is 1140. The van der Waals surface area contributed by atoms with Crippen molar-refractivity contribution in [3.63, 3.8) is 0 Å². The van der Waals surface area contributed by atoms with Crippen LogP contribution in [-0.4, -0.2) is 13.2 Å². The number of benzene rings is 4. The monoisotopic (exact) mass is 518 g/mol. The summed E-state index contributed by atoms with van der Waals surface area (Å²) < 4.78 is 41.3. The summed E-state index contributed by atoms with van der Waals surface area (Å²) in [4.78, 5) is 0. The van der Waals surface area contributed by atoms with Crippen LogP contribution in [0.5, 0.6) is 0 Å². The zero-order chi connectivity index (χ0) is 25.5. The maximum Gasteiger partial charge on any atom is 0.261 e. The Hall–Kier alpha value is -2.74. The molecule has 4 nitrogen and oxygen atoms in total. The van der Waals surface area contributed by atoms with Crippen LogP contribution in [0.4, 0.5) is 0 Å². The molecule has 186 valence electrons. The van der Waals surface area contributed by atoms with Crippen molar-refractivity contribution >= 4 is 36.0 Å². The van der Waals surface area contributed by atoms with Crippen molar-refractivity contribution in [2.45, 2.75) is 20.3 Å². The summed E-state index contributed by atoms with van der Waals surface area (Å²) in [5, 5.41) is 2.59. The molecule has 0 heterocycles. The molecule has 36 heavy (non-hydrogen) atoms. The van der Waals surface area contributed by atoms with Gasteiger partial charge in [0.05, 0.1) is 13.2 Å². The summed E-state index contributed by atoms with van der Waals surface area (Å²) in [5.74, 6) is 0. The van der Waals surface area contributed by atoms with Gasteiger partial charge in [0.1, 0.15) is 0 Å². The standard InChI is InChI=1S/C30H32O4P2/c1-3-30(2,24-33-35(31,26-16-8-4-9-17-26)27-18-10-5-11-19-27)25-34-36(32,28-20-12-6-13-21-28)29-22-14-7-15-23-29/h4-23H,3,24-25H2,1-2H3. The van der Waals surface area contributed by atoms with E-state index in [1.165, 1.54) is 0 Å². The molecule has 0 aromatic heterocycles. The average molecular weight is 519 g/mol. The number of hydrogen-bond acceptors (Lipinski definition) is 4. The number of hydrogen-bond donors (Lipinski definition) is 0. The van der Waals surface area contributed by atoms with Crippen LogP contribution in [0.25, 0.3) is 0 Å². The first-order valence-corrected chi connectivity index (χ1v) is 15.4. The molecule has 0 saturated heterocycles. The summed E-state index contributed by atoms with van der Waals surface area (Å²) in [6, 6.07) is 37.2. The van der Waals surface area contributed by atoms with Gasteiger partial charge in [-0.2, -0.15) is 0 Å². The van der Waals surface area contributed by atoms with E-state index in [1.807, 2.05) is 135 Å². The fourth-order valence-corrected chi connectivity index (χ4v) is 8.27. The molecule has 0 unspecified atom stereocenters. The molecule has 0 amide bonds. The molecule has 0 aliphatic rings. The Morgan fingerprint density at radius 3 is 1.00 bits per heavy atom. The van der Waals surface area contributed by atoms with E-state index in [4.69, 9.17) is 9.05 Å². The Balaban J connectivity index is 1.60. The van der Waals surface area contributed by atoms with Gasteiger partial charge in [0.15, 0.2) is 0 Å². The maximum absolute atomic E-state index is 14.3. The molecule has 0 fully saturated rings. The van der Waals surface area contributed by atoms with Gasteiger partial charge in [-0.15, -0.1) is 0 Å². The lowest BCUT2D eigenvalue weighted by Crippen LogP contribution is -2.31. The van der Waals surface area contributed by atoms with Gasteiger partial charge in [0, 0.05) is 26.6 Å².